The van der Waals surface area contributed by atoms with Crippen molar-refractivity contribution in [2.75, 3.05) is 33.3 Å². The van der Waals surface area contributed by atoms with Crippen molar-refractivity contribution in [3.63, 3.8) is 0 Å². The zero-order valence-electron chi connectivity index (χ0n) is 13.7. The zero-order chi connectivity index (χ0) is 16.9. The number of carbonyl (C=O) groups excluding carboxylic acids is 1. The van der Waals surface area contributed by atoms with Gasteiger partial charge in [-0.1, -0.05) is 12.1 Å². The molecule has 1 saturated heterocycles. The van der Waals surface area contributed by atoms with Crippen LogP contribution in [0.3, 0.4) is 0 Å². The highest BCUT2D eigenvalue weighted by Gasteiger charge is 2.22. The van der Waals surface area contributed by atoms with E-state index in [-0.39, 0.29) is 5.91 Å². The highest BCUT2D eigenvalue weighted by Crippen LogP contribution is 2.15. The Kier molecular flexibility index (Phi) is 4.96. The maximum atomic E-state index is 12.4. The first kappa shape index (κ1) is 16.3. The van der Waals surface area contributed by atoms with E-state index in [2.05, 4.69) is 17.0 Å². The van der Waals surface area contributed by atoms with Crippen LogP contribution >= 0.6 is 0 Å². The molecule has 1 aliphatic heterocycles. The van der Waals surface area contributed by atoms with Crippen LogP contribution in [0, 0.1) is 5.21 Å². The summed E-state index contributed by atoms with van der Waals surface area (Å²) in [5, 5.41) is 11.1. The van der Waals surface area contributed by atoms with Gasteiger partial charge < -0.3 is 14.8 Å². The second-order valence-electron chi connectivity index (χ2n) is 5.86. The number of amides is 1. The monoisotopic (exact) mass is 327 g/mol. The number of carbonyl (C=O) groups is 1. The Morgan fingerprint density at radius 3 is 2.29 bits per heavy atom. The Labute approximate surface area is 141 Å². The van der Waals surface area contributed by atoms with Gasteiger partial charge in [-0.05, 0) is 17.7 Å². The molecule has 1 aromatic carbocycles. The SMILES string of the molecule is COc1ccc(CN2CCN(C(=O)c3cc[n+]([O-])cc3)CC2)cc1. The van der Waals surface area contributed by atoms with E-state index in [1.807, 2.05) is 17.0 Å². The van der Waals surface area contributed by atoms with Crippen LogP contribution in [0.15, 0.2) is 48.8 Å². The number of benzene rings is 1. The van der Waals surface area contributed by atoms with E-state index in [1.54, 1.807) is 19.2 Å². The molecule has 6 heteroatoms. The molecule has 0 radical (unpaired) electrons. The van der Waals surface area contributed by atoms with E-state index in [9.17, 15) is 10.0 Å². The summed E-state index contributed by atoms with van der Waals surface area (Å²) < 4.78 is 5.85. The molecule has 126 valence electrons. The molecule has 6 nitrogen and oxygen atoms in total. The fraction of sp³-hybridized carbons (Fsp3) is 0.333. The lowest BCUT2D eigenvalue weighted by Gasteiger charge is -2.34. The minimum atomic E-state index is -0.0142. The Bertz CT molecular complexity index is 678. The number of nitrogens with zero attached hydrogens (tertiary/aromatic N) is 3. The average molecular weight is 327 g/mol. The maximum Gasteiger partial charge on any atom is 0.254 e. The van der Waals surface area contributed by atoms with Crippen LogP contribution in [0.5, 0.6) is 5.75 Å². The number of piperazine rings is 1. The summed E-state index contributed by atoms with van der Waals surface area (Å²) in [6, 6.07) is 11.2. The van der Waals surface area contributed by atoms with E-state index in [1.165, 1.54) is 18.0 Å². The molecule has 0 saturated carbocycles. The molecular formula is C18H21N3O3. The van der Waals surface area contributed by atoms with E-state index in [0.29, 0.717) is 23.4 Å². The third kappa shape index (κ3) is 3.83. The summed E-state index contributed by atoms with van der Waals surface area (Å²) in [5.74, 6) is 0.844. The summed E-state index contributed by atoms with van der Waals surface area (Å²) in [7, 11) is 1.66. The van der Waals surface area contributed by atoms with Gasteiger partial charge in [-0.2, -0.15) is 4.73 Å². The van der Waals surface area contributed by atoms with Crippen LogP contribution < -0.4 is 9.47 Å². The first-order chi connectivity index (χ1) is 11.7. The predicted octanol–water partition coefficient (Wildman–Crippen LogP) is 1.29. The Balaban J connectivity index is 1.53. The Morgan fingerprint density at radius 1 is 1.08 bits per heavy atom. The molecule has 0 unspecified atom stereocenters. The summed E-state index contributed by atoms with van der Waals surface area (Å²) in [6.07, 6.45) is 2.71. The van der Waals surface area contributed by atoms with Gasteiger partial charge >= 0.3 is 0 Å². The lowest BCUT2D eigenvalue weighted by molar-refractivity contribution is -0.605. The molecule has 0 N–H and O–H groups in total. The second kappa shape index (κ2) is 7.31. The molecule has 3 rings (SSSR count). The van der Waals surface area contributed by atoms with Crippen molar-refractivity contribution in [1.82, 2.24) is 9.80 Å². The molecule has 1 aliphatic rings. The van der Waals surface area contributed by atoms with E-state index >= 15 is 0 Å². The molecule has 1 amide bonds. The van der Waals surface area contributed by atoms with Gasteiger partial charge in [0.05, 0.1) is 12.7 Å². The number of rotatable bonds is 4. The van der Waals surface area contributed by atoms with Gasteiger partial charge in [0.2, 0.25) is 0 Å². The molecule has 0 spiro atoms. The third-order valence-corrected chi connectivity index (χ3v) is 4.27. The van der Waals surface area contributed by atoms with Gasteiger partial charge in [0, 0.05) is 44.9 Å². The molecule has 0 atom stereocenters. The number of hydrogen-bond acceptors (Lipinski definition) is 4. The maximum absolute atomic E-state index is 12.4. The van der Waals surface area contributed by atoms with Crippen molar-refractivity contribution >= 4 is 5.91 Å². The first-order valence-corrected chi connectivity index (χ1v) is 7.99. The molecular weight excluding hydrogens is 306 g/mol. The van der Waals surface area contributed by atoms with Crippen LogP contribution in [-0.4, -0.2) is 49.0 Å². The molecule has 2 heterocycles. The van der Waals surface area contributed by atoms with E-state index in [0.717, 1.165) is 25.4 Å². The topological polar surface area (TPSA) is 59.7 Å². The highest BCUT2D eigenvalue weighted by atomic mass is 16.5. The Morgan fingerprint density at radius 2 is 1.71 bits per heavy atom. The van der Waals surface area contributed by atoms with Gasteiger partial charge in [0.1, 0.15) is 5.75 Å². The fourth-order valence-electron chi connectivity index (χ4n) is 2.84. The summed E-state index contributed by atoms with van der Waals surface area (Å²) in [4.78, 5) is 16.6. The van der Waals surface area contributed by atoms with Crippen molar-refractivity contribution in [3.05, 3.63) is 65.1 Å². The van der Waals surface area contributed by atoms with Gasteiger partial charge in [0.15, 0.2) is 12.4 Å². The van der Waals surface area contributed by atoms with Crippen molar-refractivity contribution in [3.8, 4) is 5.75 Å². The van der Waals surface area contributed by atoms with Crippen molar-refractivity contribution in [1.29, 1.82) is 0 Å². The summed E-state index contributed by atoms with van der Waals surface area (Å²) in [5.41, 5.74) is 1.80. The number of ether oxygens (including phenoxy) is 1. The van der Waals surface area contributed by atoms with Crippen LogP contribution in [0.4, 0.5) is 0 Å². The van der Waals surface area contributed by atoms with E-state index in [4.69, 9.17) is 4.74 Å². The van der Waals surface area contributed by atoms with Crippen molar-refractivity contribution in [2.24, 2.45) is 0 Å². The Hall–Kier alpha value is -2.60. The molecule has 2 aromatic rings. The van der Waals surface area contributed by atoms with E-state index < -0.39 is 0 Å². The van der Waals surface area contributed by atoms with Crippen molar-refractivity contribution < 1.29 is 14.3 Å². The number of methoxy groups -OCH3 is 1. The predicted molar refractivity (Wildman–Crippen MR) is 89.6 cm³/mol. The minimum Gasteiger partial charge on any atom is -0.619 e. The van der Waals surface area contributed by atoms with Gasteiger partial charge in [-0.3, -0.25) is 9.69 Å². The number of aromatic nitrogens is 1. The zero-order valence-corrected chi connectivity index (χ0v) is 13.7. The second-order valence-corrected chi connectivity index (χ2v) is 5.86. The average Bonchev–Trinajstić information content (AvgIpc) is 2.63. The molecule has 1 aromatic heterocycles. The van der Waals surface area contributed by atoms with Crippen molar-refractivity contribution in [2.45, 2.75) is 6.54 Å². The number of hydrogen-bond donors (Lipinski definition) is 0. The molecule has 24 heavy (non-hydrogen) atoms. The molecule has 0 aliphatic carbocycles. The number of pyridine rings is 1. The minimum absolute atomic E-state index is 0.0142. The van der Waals surface area contributed by atoms with Gasteiger partial charge in [-0.15, -0.1) is 0 Å². The standard InChI is InChI=1S/C18H21N3O3/c1-24-17-4-2-15(3-5-17)14-19-10-12-20(13-11-19)18(22)16-6-8-21(23)9-7-16/h2-9H,10-14H2,1H3. The van der Waals surface area contributed by atoms with Crippen LogP contribution in [0.25, 0.3) is 0 Å². The van der Waals surface area contributed by atoms with Crippen LogP contribution in [0.1, 0.15) is 15.9 Å². The lowest BCUT2D eigenvalue weighted by atomic mass is 10.1. The normalized spacial score (nSPS) is 15.3. The highest BCUT2D eigenvalue weighted by molar-refractivity contribution is 5.94. The summed E-state index contributed by atoms with van der Waals surface area (Å²) in [6.45, 7) is 3.94. The molecule has 1 fully saturated rings. The fourth-order valence-corrected chi connectivity index (χ4v) is 2.84. The molecule has 0 bridgehead atoms. The lowest BCUT2D eigenvalue weighted by Crippen LogP contribution is -2.48. The quantitative estimate of drug-likeness (QED) is 0.627. The smallest absolute Gasteiger partial charge is 0.254 e. The van der Waals surface area contributed by atoms with Crippen LogP contribution in [-0.2, 0) is 6.54 Å². The van der Waals surface area contributed by atoms with Crippen LogP contribution in [0.2, 0.25) is 0 Å². The van der Waals surface area contributed by atoms with Gasteiger partial charge in [0.25, 0.3) is 5.91 Å². The largest absolute Gasteiger partial charge is 0.619 e. The third-order valence-electron chi connectivity index (χ3n) is 4.27. The van der Waals surface area contributed by atoms with Gasteiger partial charge in [-0.25, -0.2) is 0 Å². The summed E-state index contributed by atoms with van der Waals surface area (Å²) >= 11 is 0. The first-order valence-electron chi connectivity index (χ1n) is 7.99.